The molecule has 0 rings (SSSR count). The molecule has 0 aliphatic heterocycles. The Morgan fingerprint density at radius 2 is 1.29 bits per heavy atom. The van der Waals surface area contributed by atoms with Crippen LogP contribution in [0.25, 0.3) is 0 Å². The number of hydrogen-bond donors (Lipinski definition) is 3. The lowest BCUT2D eigenvalue weighted by Crippen LogP contribution is -1.83. The van der Waals surface area contributed by atoms with E-state index in [0.29, 0.717) is 0 Å². The summed E-state index contributed by atoms with van der Waals surface area (Å²) < 4.78 is 0. The fourth-order valence-corrected chi connectivity index (χ4v) is 1.92. The van der Waals surface area contributed by atoms with Gasteiger partial charge in [0.05, 0.1) is 0 Å². The molecule has 0 amide bonds. The number of unbranched alkanes of at least 4 members (excludes halogenated alkanes) is 8. The third-order valence-corrected chi connectivity index (χ3v) is 3.18. The summed E-state index contributed by atoms with van der Waals surface area (Å²) in [7, 11) is 0. The smallest absolute Gasteiger partial charge is 0.318 e. The summed E-state index contributed by atoms with van der Waals surface area (Å²) in [5.41, 5.74) is 0. The summed E-state index contributed by atoms with van der Waals surface area (Å²) in [6, 6.07) is 0. The molecule has 0 bridgehead atoms. The van der Waals surface area contributed by atoms with Crippen molar-refractivity contribution in [3.63, 3.8) is 0 Å². The van der Waals surface area contributed by atoms with Crippen molar-refractivity contribution in [1.29, 1.82) is 0 Å². The normalized spacial score (nSPS) is 11.9. The van der Waals surface area contributed by atoms with E-state index in [1.165, 1.54) is 57.4 Å². The number of aliphatic hydroxyl groups is 3. The Kier molecular flexibility index (Phi) is 13.6. The molecular formula is C18H30O3. The van der Waals surface area contributed by atoms with Gasteiger partial charge in [-0.05, 0) is 18.9 Å². The van der Waals surface area contributed by atoms with Crippen LogP contribution in [0.15, 0.2) is 48.2 Å². The van der Waals surface area contributed by atoms with E-state index in [9.17, 15) is 0 Å². The molecule has 0 aromatic rings. The predicted molar refractivity (Wildman–Crippen MR) is 89.6 cm³/mol. The summed E-state index contributed by atoms with van der Waals surface area (Å²) in [4.78, 5) is 0. The van der Waals surface area contributed by atoms with E-state index in [4.69, 9.17) is 15.3 Å². The Labute approximate surface area is 129 Å². The van der Waals surface area contributed by atoms with Crippen molar-refractivity contribution in [2.24, 2.45) is 0 Å². The summed E-state index contributed by atoms with van der Waals surface area (Å²) >= 11 is 0. The lowest BCUT2D eigenvalue weighted by Gasteiger charge is -1.99. The largest absolute Gasteiger partial charge is 0.502 e. The maximum Gasteiger partial charge on any atom is 0.318 e. The van der Waals surface area contributed by atoms with Gasteiger partial charge in [-0.2, -0.15) is 0 Å². The molecule has 0 aromatic heterocycles. The number of allylic oxidation sites excluding steroid dienone is 6. The van der Waals surface area contributed by atoms with Gasteiger partial charge in [0.25, 0.3) is 0 Å². The molecule has 0 unspecified atom stereocenters. The standard InChI is InChI=1S/C18H30O3/c1-2-3-4-5-6-7-8-9-10-11-12-13-14-15-16-17(19)18(20)21/h11-16,19-21H,2-10H2,1H3. The van der Waals surface area contributed by atoms with E-state index in [-0.39, 0.29) is 0 Å². The third-order valence-electron chi connectivity index (χ3n) is 3.18. The second kappa shape index (κ2) is 14.8. The molecule has 0 spiro atoms. The van der Waals surface area contributed by atoms with Crippen LogP contribution in [0.2, 0.25) is 0 Å². The minimum absolute atomic E-state index is 0.539. The van der Waals surface area contributed by atoms with E-state index in [2.05, 4.69) is 13.0 Å². The lowest BCUT2D eigenvalue weighted by molar-refractivity contribution is 0.163. The van der Waals surface area contributed by atoms with Crippen molar-refractivity contribution >= 4 is 0 Å². The van der Waals surface area contributed by atoms with Gasteiger partial charge in [-0.3, -0.25) is 0 Å². The van der Waals surface area contributed by atoms with E-state index < -0.39 is 11.7 Å². The maximum absolute atomic E-state index is 8.96. The van der Waals surface area contributed by atoms with Crippen LogP contribution in [-0.4, -0.2) is 15.3 Å². The summed E-state index contributed by atoms with van der Waals surface area (Å²) in [5.74, 6) is -1.60. The minimum atomic E-state index is -1.06. The fourth-order valence-electron chi connectivity index (χ4n) is 1.92. The zero-order valence-electron chi connectivity index (χ0n) is 13.2. The molecule has 3 N–H and O–H groups in total. The molecule has 0 heterocycles. The number of aliphatic hydroxyl groups excluding tert-OH is 2. The zero-order valence-corrected chi connectivity index (χ0v) is 13.2. The molecule has 3 nitrogen and oxygen atoms in total. The minimum Gasteiger partial charge on any atom is -0.502 e. The predicted octanol–water partition coefficient (Wildman–Crippen LogP) is 6.03. The highest BCUT2D eigenvalue weighted by atomic mass is 16.5. The Hall–Kier alpha value is -1.64. The topological polar surface area (TPSA) is 60.7 Å². The molecule has 120 valence electrons. The molecule has 0 fully saturated rings. The molecule has 0 saturated heterocycles. The number of hydrogen-bond acceptors (Lipinski definition) is 3. The quantitative estimate of drug-likeness (QED) is 0.234. The van der Waals surface area contributed by atoms with Crippen LogP contribution in [0.5, 0.6) is 0 Å². The summed E-state index contributed by atoms with van der Waals surface area (Å²) in [6.45, 7) is 2.24. The average molecular weight is 294 g/mol. The van der Waals surface area contributed by atoms with Gasteiger partial charge in [0.1, 0.15) is 0 Å². The van der Waals surface area contributed by atoms with Crippen LogP contribution in [0.3, 0.4) is 0 Å². The second-order valence-electron chi connectivity index (χ2n) is 5.14. The first-order valence-corrected chi connectivity index (χ1v) is 7.99. The van der Waals surface area contributed by atoms with Crippen LogP contribution in [0, 0.1) is 0 Å². The first kappa shape index (κ1) is 19.4. The van der Waals surface area contributed by atoms with Crippen molar-refractivity contribution in [2.75, 3.05) is 0 Å². The van der Waals surface area contributed by atoms with Crippen LogP contribution in [-0.2, 0) is 0 Å². The van der Waals surface area contributed by atoms with E-state index in [0.717, 1.165) is 6.42 Å². The Bertz CT molecular complexity index is 347. The van der Waals surface area contributed by atoms with Gasteiger partial charge in [0.15, 0.2) is 5.76 Å². The molecule has 0 atom stereocenters. The highest BCUT2D eigenvalue weighted by Crippen LogP contribution is 2.09. The molecule has 0 aliphatic carbocycles. The third kappa shape index (κ3) is 14.6. The maximum atomic E-state index is 8.96. The first-order chi connectivity index (χ1) is 10.2. The highest BCUT2D eigenvalue weighted by molar-refractivity contribution is 5.18. The van der Waals surface area contributed by atoms with Crippen LogP contribution >= 0.6 is 0 Å². The molecule has 0 radical (unpaired) electrons. The Balaban J connectivity index is 3.46. The SMILES string of the molecule is CCCCCCCCCCC=CC=CC=CC(O)=C(O)O. The van der Waals surface area contributed by atoms with Crippen LogP contribution in [0.4, 0.5) is 0 Å². The second-order valence-corrected chi connectivity index (χ2v) is 5.14. The average Bonchev–Trinajstić information content (AvgIpc) is 2.47. The van der Waals surface area contributed by atoms with Crippen LogP contribution in [0.1, 0.15) is 64.7 Å². The molecule has 0 aliphatic rings. The van der Waals surface area contributed by atoms with Crippen LogP contribution < -0.4 is 0 Å². The monoisotopic (exact) mass is 294 g/mol. The van der Waals surface area contributed by atoms with E-state index >= 15 is 0 Å². The van der Waals surface area contributed by atoms with E-state index in [1.807, 2.05) is 12.2 Å². The summed E-state index contributed by atoms with van der Waals surface area (Å²) in [6.07, 6.45) is 22.2. The van der Waals surface area contributed by atoms with Gasteiger partial charge < -0.3 is 15.3 Å². The molecule has 0 aromatic carbocycles. The number of rotatable bonds is 12. The molecular weight excluding hydrogens is 264 g/mol. The van der Waals surface area contributed by atoms with Gasteiger partial charge in [-0.1, -0.05) is 82.2 Å². The van der Waals surface area contributed by atoms with Gasteiger partial charge in [0, 0.05) is 0 Å². The van der Waals surface area contributed by atoms with Crippen molar-refractivity contribution in [3.8, 4) is 0 Å². The van der Waals surface area contributed by atoms with Gasteiger partial charge >= 0.3 is 5.95 Å². The van der Waals surface area contributed by atoms with Crippen molar-refractivity contribution in [1.82, 2.24) is 0 Å². The first-order valence-electron chi connectivity index (χ1n) is 7.99. The Morgan fingerprint density at radius 1 is 0.714 bits per heavy atom. The zero-order chi connectivity index (χ0) is 15.8. The molecule has 3 heteroatoms. The van der Waals surface area contributed by atoms with E-state index in [1.54, 1.807) is 12.2 Å². The lowest BCUT2D eigenvalue weighted by atomic mass is 10.1. The van der Waals surface area contributed by atoms with Crippen molar-refractivity contribution in [3.05, 3.63) is 48.2 Å². The van der Waals surface area contributed by atoms with Gasteiger partial charge in [0.2, 0.25) is 0 Å². The van der Waals surface area contributed by atoms with Gasteiger partial charge in [-0.15, -0.1) is 0 Å². The van der Waals surface area contributed by atoms with Crippen molar-refractivity contribution < 1.29 is 15.3 Å². The summed E-state index contributed by atoms with van der Waals surface area (Å²) in [5, 5.41) is 26.0. The Morgan fingerprint density at radius 3 is 1.90 bits per heavy atom. The van der Waals surface area contributed by atoms with Crippen molar-refractivity contribution in [2.45, 2.75) is 64.7 Å². The molecule has 21 heavy (non-hydrogen) atoms. The van der Waals surface area contributed by atoms with Gasteiger partial charge in [-0.25, -0.2) is 0 Å². The highest BCUT2D eigenvalue weighted by Gasteiger charge is 1.92. The fraction of sp³-hybridized carbons (Fsp3) is 0.556. The molecule has 0 saturated carbocycles.